The van der Waals surface area contributed by atoms with E-state index < -0.39 is 21.0 Å². The molecule has 1 heterocycles. The van der Waals surface area contributed by atoms with Gasteiger partial charge in [0, 0.05) is 0 Å². The van der Waals surface area contributed by atoms with Crippen molar-refractivity contribution in [3.63, 3.8) is 0 Å². The van der Waals surface area contributed by atoms with Crippen LogP contribution in [-0.2, 0) is 3.74 Å². The number of rotatable bonds is 6. The Morgan fingerprint density at radius 1 is 0.750 bits per heavy atom. The Hall–Kier alpha value is -2.13. The quantitative estimate of drug-likeness (QED) is 0.651. The summed E-state index contributed by atoms with van der Waals surface area (Å²) >= 11 is 0. The van der Waals surface area contributed by atoms with Crippen LogP contribution in [0.15, 0.2) is 66.3 Å². The molecule has 3 rings (SSSR count). The van der Waals surface area contributed by atoms with Gasteiger partial charge in [-0.25, -0.2) is 0 Å². The number of methoxy groups -OCH3 is 2. The second kappa shape index (κ2) is 8.48. The van der Waals surface area contributed by atoms with Crippen LogP contribution in [0, 0.1) is 10.2 Å². The van der Waals surface area contributed by atoms with Crippen molar-refractivity contribution in [2.24, 2.45) is 0 Å². The highest BCUT2D eigenvalue weighted by atomic mass is 35.7. The van der Waals surface area contributed by atoms with E-state index in [0.29, 0.717) is 21.3 Å². The number of ether oxygens (including phenoxy) is 2. The summed E-state index contributed by atoms with van der Waals surface area (Å²) in [7, 11) is -2.92. The normalized spacial score (nSPS) is 17.1. The molecule has 0 bridgehead atoms. The Balaban J connectivity index is 2.16. The maximum Gasteiger partial charge on any atom is 0.148 e. The highest BCUT2D eigenvalue weighted by Gasteiger charge is 2.31. The number of halogens is 1. The second-order valence-corrected chi connectivity index (χ2v) is 8.60. The summed E-state index contributed by atoms with van der Waals surface area (Å²) in [6.07, 6.45) is 3.64. The molecule has 148 valence electrons. The highest BCUT2D eigenvalue weighted by Crippen LogP contribution is 2.43. The third-order valence-corrected chi connectivity index (χ3v) is 6.63. The van der Waals surface area contributed by atoms with E-state index in [4.69, 9.17) is 13.2 Å². The van der Waals surface area contributed by atoms with Crippen molar-refractivity contribution in [1.82, 2.24) is 0 Å². The van der Waals surface area contributed by atoms with E-state index in [9.17, 15) is 14.0 Å². The molecule has 2 aromatic rings. The van der Waals surface area contributed by atoms with Crippen molar-refractivity contribution >= 4 is 20.5 Å². The van der Waals surface area contributed by atoms with Crippen LogP contribution in [0.3, 0.4) is 0 Å². The Morgan fingerprint density at radius 2 is 1.25 bits per heavy atom. The zero-order chi connectivity index (χ0) is 20.3. The molecule has 0 radical (unpaired) electrons. The topological polar surface area (TPSA) is 96.9 Å². The highest BCUT2D eigenvalue weighted by molar-refractivity contribution is 8.20. The Labute approximate surface area is 168 Å². The first-order valence-electron chi connectivity index (χ1n) is 8.21. The lowest BCUT2D eigenvalue weighted by Crippen LogP contribution is -2.60. The molecule has 0 fully saturated rings. The molecular formula is C20H19ClO6S. The molecule has 0 aromatic heterocycles. The summed E-state index contributed by atoms with van der Waals surface area (Å²) in [5, 5.41) is 0. The van der Waals surface area contributed by atoms with Gasteiger partial charge < -0.3 is 9.47 Å². The van der Waals surface area contributed by atoms with E-state index in [1.807, 2.05) is 19.1 Å². The third kappa shape index (κ3) is 4.82. The number of hydrogen-bond donors (Lipinski definition) is 0. The summed E-state index contributed by atoms with van der Waals surface area (Å²) in [4.78, 5) is 1.20. The molecule has 0 spiro atoms. The van der Waals surface area contributed by atoms with Crippen molar-refractivity contribution < 1.29 is 37.4 Å². The minimum Gasteiger partial charge on any atom is -0.497 e. The van der Waals surface area contributed by atoms with Crippen LogP contribution >= 0.6 is 10.8 Å². The molecule has 0 saturated heterocycles. The molecule has 0 saturated carbocycles. The average Bonchev–Trinajstić information content (AvgIpc) is 2.68. The number of hydrogen-bond acceptors (Lipinski definition) is 6. The van der Waals surface area contributed by atoms with E-state index in [2.05, 4.69) is 0 Å². The van der Waals surface area contributed by atoms with E-state index in [1.54, 1.807) is 62.8 Å². The van der Waals surface area contributed by atoms with Gasteiger partial charge in [0.2, 0.25) is 0 Å². The minimum absolute atomic E-state index is 0.598. The Morgan fingerprint density at radius 3 is 1.71 bits per heavy atom. The predicted octanol–water partition coefficient (Wildman–Crippen LogP) is 1.32. The standard InChI is InChI=1S/C20H19ClO6S/c1-14-12-19(15-4-8-17(25-2)9-5-15)28(27-21(22,23)24)20(13-14)16-6-10-18(26-3)11-7-16/h4-13H,1-3H3. The zero-order valence-electron chi connectivity index (χ0n) is 15.5. The number of allylic oxidation sites excluding steroid dienone is 3. The summed E-state index contributed by atoms with van der Waals surface area (Å²) in [5.41, 5.74) is 2.38. The van der Waals surface area contributed by atoms with E-state index in [0.717, 1.165) is 16.7 Å². The first-order chi connectivity index (χ1) is 13.3. The van der Waals surface area contributed by atoms with Crippen LogP contribution in [0.5, 0.6) is 11.5 Å². The van der Waals surface area contributed by atoms with Gasteiger partial charge >= 0.3 is 0 Å². The lowest BCUT2D eigenvalue weighted by atomic mass is 10.1. The minimum atomic E-state index is -4.63. The molecular weight excluding hydrogens is 404 g/mol. The largest absolute Gasteiger partial charge is 0.497 e. The molecule has 0 amide bonds. The molecule has 0 aliphatic carbocycles. The zero-order valence-corrected chi connectivity index (χ0v) is 17.1. The molecule has 1 aliphatic rings. The molecule has 1 aliphatic heterocycles. The summed E-state index contributed by atoms with van der Waals surface area (Å²) < 4.78 is 49.6. The summed E-state index contributed by atoms with van der Waals surface area (Å²) in [6, 6.07) is 14.3. The fourth-order valence-corrected chi connectivity index (χ4v) is 5.40. The van der Waals surface area contributed by atoms with Gasteiger partial charge in [-0.05, 0) is 60.0 Å². The van der Waals surface area contributed by atoms with Gasteiger partial charge in [0.15, 0.2) is 0 Å². The van der Waals surface area contributed by atoms with Gasteiger partial charge in [-0.2, -0.15) is 14.0 Å². The van der Waals surface area contributed by atoms with Crippen molar-refractivity contribution in [2.45, 2.75) is 6.92 Å². The van der Waals surface area contributed by atoms with Crippen molar-refractivity contribution in [1.29, 1.82) is 0 Å². The van der Waals surface area contributed by atoms with E-state index in [-0.39, 0.29) is 0 Å². The molecule has 1 unspecified atom stereocenters. The number of benzene rings is 2. The lowest BCUT2D eigenvalue weighted by molar-refractivity contribution is -1.91. The van der Waals surface area contributed by atoms with E-state index >= 15 is 0 Å². The van der Waals surface area contributed by atoms with Gasteiger partial charge in [0.05, 0.1) is 34.2 Å². The van der Waals surface area contributed by atoms with Crippen LogP contribution in [0.1, 0.15) is 18.1 Å². The fourth-order valence-electron chi connectivity index (χ4n) is 2.72. The predicted molar refractivity (Wildman–Crippen MR) is 101 cm³/mol. The van der Waals surface area contributed by atoms with Gasteiger partial charge in [-0.15, -0.1) is 0 Å². The second-order valence-electron chi connectivity index (χ2n) is 5.93. The van der Waals surface area contributed by atoms with Crippen LogP contribution in [0.4, 0.5) is 0 Å². The van der Waals surface area contributed by atoms with Gasteiger partial charge in [-0.1, -0.05) is 24.3 Å². The van der Waals surface area contributed by atoms with Crippen LogP contribution in [0.2, 0.25) is 0 Å². The molecule has 2 aromatic carbocycles. The lowest BCUT2D eigenvalue weighted by Gasteiger charge is -2.21. The maximum absolute atomic E-state index is 11.4. The average molecular weight is 423 g/mol. The van der Waals surface area contributed by atoms with E-state index in [1.165, 1.54) is 0 Å². The van der Waals surface area contributed by atoms with Crippen LogP contribution in [-0.4, -0.2) is 19.1 Å². The first-order valence-corrected chi connectivity index (χ1v) is 10.6. The molecule has 1 atom stereocenters. The van der Waals surface area contributed by atoms with Crippen molar-refractivity contribution in [2.75, 3.05) is 14.2 Å². The van der Waals surface area contributed by atoms with Crippen molar-refractivity contribution in [3.05, 3.63) is 77.4 Å². The summed E-state index contributed by atoms with van der Waals surface area (Å²) in [6.45, 7) is 1.90. The Bertz CT molecular complexity index is 940. The maximum atomic E-state index is 11.4. The molecule has 28 heavy (non-hydrogen) atoms. The van der Waals surface area contributed by atoms with Gasteiger partial charge in [0.1, 0.15) is 26.0 Å². The molecule has 0 N–H and O–H groups in total. The van der Waals surface area contributed by atoms with Crippen molar-refractivity contribution in [3.8, 4) is 11.5 Å². The smallest absolute Gasteiger partial charge is 0.148 e. The van der Waals surface area contributed by atoms with Crippen LogP contribution < -0.4 is 23.5 Å². The van der Waals surface area contributed by atoms with Gasteiger partial charge in [-0.3, -0.25) is 0 Å². The summed E-state index contributed by atoms with van der Waals surface area (Å²) in [5.74, 6) is 1.34. The third-order valence-electron chi connectivity index (χ3n) is 4.01. The SMILES string of the molecule is COc1ccc(C2=CC(C)=CC(c3ccc(OC)cc3)=S2O[Cl+3]([O-])([O-])[O-])cc1. The fraction of sp³-hybridized carbons (Fsp3) is 0.150. The van der Waals surface area contributed by atoms with Gasteiger partial charge in [0.25, 0.3) is 0 Å². The Kier molecular flexibility index (Phi) is 6.24. The molecule has 8 heteroatoms. The first kappa shape index (κ1) is 20.6. The molecule has 6 nitrogen and oxygen atoms in total. The van der Waals surface area contributed by atoms with Crippen LogP contribution in [0.25, 0.3) is 4.91 Å². The monoisotopic (exact) mass is 422 g/mol.